The maximum Gasteiger partial charge on any atom is 0.242 e. The van der Waals surface area contributed by atoms with Crippen molar-refractivity contribution in [3.63, 3.8) is 0 Å². The van der Waals surface area contributed by atoms with Crippen molar-refractivity contribution in [2.75, 3.05) is 20.1 Å². The molecule has 1 heterocycles. The van der Waals surface area contributed by atoms with Gasteiger partial charge in [-0.25, -0.2) is 0 Å². The minimum Gasteiger partial charge on any atom is -0.354 e. The van der Waals surface area contributed by atoms with Crippen LogP contribution in [0.1, 0.15) is 19.3 Å². The van der Waals surface area contributed by atoms with Gasteiger partial charge in [0.2, 0.25) is 11.8 Å². The van der Waals surface area contributed by atoms with E-state index in [-0.39, 0.29) is 24.4 Å². The summed E-state index contributed by atoms with van der Waals surface area (Å²) in [6.45, 7) is 0.973. The molecule has 0 bridgehead atoms. The lowest BCUT2D eigenvalue weighted by molar-refractivity contribution is -0.128. The Morgan fingerprint density at radius 1 is 1.57 bits per heavy atom. The summed E-state index contributed by atoms with van der Waals surface area (Å²) in [5, 5.41) is 8.21. The smallest absolute Gasteiger partial charge is 0.242 e. The van der Waals surface area contributed by atoms with Gasteiger partial charge >= 0.3 is 0 Å². The van der Waals surface area contributed by atoms with Gasteiger partial charge in [0.05, 0.1) is 6.54 Å². The minimum atomic E-state index is -0.349. The summed E-state index contributed by atoms with van der Waals surface area (Å²) in [6, 6.07) is -0.349. The van der Waals surface area contributed by atoms with Crippen LogP contribution in [-0.4, -0.2) is 38.0 Å². The van der Waals surface area contributed by atoms with Gasteiger partial charge in [-0.15, -0.1) is 0 Å². The summed E-state index contributed by atoms with van der Waals surface area (Å²) in [5.41, 5.74) is 0. The van der Waals surface area contributed by atoms with E-state index in [4.69, 9.17) is 0 Å². The lowest BCUT2D eigenvalue weighted by Gasteiger charge is -2.14. The number of carbonyl (C=O) groups is 2. The summed E-state index contributed by atoms with van der Waals surface area (Å²) in [7, 11) is 1.70. The normalized spacial score (nSPS) is 22.4. The SMILES string of the molecule is CNCC(=O)NC1CCCCNC1=O. The first kappa shape index (κ1) is 11.0. The summed E-state index contributed by atoms with van der Waals surface area (Å²) in [4.78, 5) is 22.6. The summed E-state index contributed by atoms with van der Waals surface area (Å²) >= 11 is 0. The van der Waals surface area contributed by atoms with Crippen molar-refractivity contribution in [3.05, 3.63) is 0 Å². The molecule has 1 unspecified atom stereocenters. The third-order valence-corrected chi connectivity index (χ3v) is 2.21. The van der Waals surface area contributed by atoms with Crippen LogP contribution in [0.2, 0.25) is 0 Å². The van der Waals surface area contributed by atoms with Gasteiger partial charge in [-0.3, -0.25) is 9.59 Å². The topological polar surface area (TPSA) is 70.2 Å². The second-order valence-corrected chi connectivity index (χ2v) is 3.44. The standard InChI is InChI=1S/C9H17N3O2/c1-10-6-8(13)12-7-4-2-3-5-11-9(7)14/h7,10H,2-6H2,1H3,(H,11,14)(H,12,13). The van der Waals surface area contributed by atoms with Crippen LogP contribution in [0.3, 0.4) is 0 Å². The van der Waals surface area contributed by atoms with Crippen molar-refractivity contribution in [2.45, 2.75) is 25.3 Å². The van der Waals surface area contributed by atoms with Gasteiger partial charge in [0.15, 0.2) is 0 Å². The quantitative estimate of drug-likeness (QED) is 0.545. The molecule has 1 aliphatic rings. The van der Waals surface area contributed by atoms with E-state index in [2.05, 4.69) is 16.0 Å². The number of hydrogen-bond donors (Lipinski definition) is 3. The van der Waals surface area contributed by atoms with Gasteiger partial charge in [-0.05, 0) is 26.3 Å². The average Bonchev–Trinajstić information content (AvgIpc) is 2.33. The Labute approximate surface area is 83.6 Å². The molecule has 0 radical (unpaired) electrons. The van der Waals surface area contributed by atoms with Crippen molar-refractivity contribution in [2.24, 2.45) is 0 Å². The first-order chi connectivity index (χ1) is 6.74. The molecule has 0 aromatic rings. The maximum absolute atomic E-state index is 11.4. The molecule has 1 fully saturated rings. The molecule has 0 aliphatic carbocycles. The zero-order valence-electron chi connectivity index (χ0n) is 8.43. The molecule has 1 saturated heterocycles. The highest BCUT2D eigenvalue weighted by Gasteiger charge is 2.21. The highest BCUT2D eigenvalue weighted by molar-refractivity contribution is 5.88. The molecule has 5 heteroatoms. The Hall–Kier alpha value is -1.10. The Balaban J connectivity index is 2.40. The van der Waals surface area contributed by atoms with Crippen LogP contribution in [0.4, 0.5) is 0 Å². The van der Waals surface area contributed by atoms with E-state index in [0.717, 1.165) is 25.8 Å². The van der Waals surface area contributed by atoms with Gasteiger partial charge in [0.25, 0.3) is 0 Å². The number of rotatable bonds is 3. The molecule has 80 valence electrons. The minimum absolute atomic E-state index is 0.0630. The van der Waals surface area contributed by atoms with Crippen LogP contribution in [0.25, 0.3) is 0 Å². The summed E-state index contributed by atoms with van der Waals surface area (Å²) in [6.07, 6.45) is 2.70. The van der Waals surface area contributed by atoms with E-state index in [1.807, 2.05) is 0 Å². The molecule has 0 spiro atoms. The summed E-state index contributed by atoms with van der Waals surface area (Å²) in [5.74, 6) is -0.193. The molecule has 14 heavy (non-hydrogen) atoms. The maximum atomic E-state index is 11.4. The molecular formula is C9H17N3O2. The Bertz CT molecular complexity index is 218. The van der Waals surface area contributed by atoms with Gasteiger partial charge in [0, 0.05) is 6.54 Å². The molecule has 1 rings (SSSR count). The van der Waals surface area contributed by atoms with Gasteiger partial charge in [-0.2, -0.15) is 0 Å². The van der Waals surface area contributed by atoms with E-state index in [0.29, 0.717) is 0 Å². The van der Waals surface area contributed by atoms with E-state index in [9.17, 15) is 9.59 Å². The van der Waals surface area contributed by atoms with Crippen LogP contribution >= 0.6 is 0 Å². The number of amides is 2. The van der Waals surface area contributed by atoms with Crippen molar-refractivity contribution < 1.29 is 9.59 Å². The fourth-order valence-corrected chi connectivity index (χ4v) is 1.48. The zero-order chi connectivity index (χ0) is 10.4. The predicted molar refractivity (Wildman–Crippen MR) is 52.7 cm³/mol. The van der Waals surface area contributed by atoms with Crippen LogP contribution < -0.4 is 16.0 Å². The lowest BCUT2D eigenvalue weighted by atomic mass is 10.1. The molecule has 3 N–H and O–H groups in total. The lowest BCUT2D eigenvalue weighted by Crippen LogP contribution is -2.47. The fraction of sp³-hybridized carbons (Fsp3) is 0.778. The van der Waals surface area contributed by atoms with Crippen LogP contribution in [0.15, 0.2) is 0 Å². The Kier molecular flexibility index (Phi) is 4.39. The molecule has 0 aromatic carbocycles. The molecule has 1 aliphatic heterocycles. The van der Waals surface area contributed by atoms with E-state index < -0.39 is 0 Å². The molecule has 0 saturated carbocycles. The third-order valence-electron chi connectivity index (χ3n) is 2.21. The highest BCUT2D eigenvalue weighted by Crippen LogP contribution is 2.04. The van der Waals surface area contributed by atoms with Gasteiger partial charge in [-0.1, -0.05) is 0 Å². The van der Waals surface area contributed by atoms with E-state index in [1.54, 1.807) is 7.05 Å². The Morgan fingerprint density at radius 2 is 2.36 bits per heavy atom. The number of likely N-dealkylation sites (N-methyl/N-ethyl adjacent to an activating group) is 1. The highest BCUT2D eigenvalue weighted by atomic mass is 16.2. The number of nitrogens with one attached hydrogen (secondary N) is 3. The van der Waals surface area contributed by atoms with Crippen molar-refractivity contribution in [1.82, 2.24) is 16.0 Å². The van der Waals surface area contributed by atoms with Gasteiger partial charge < -0.3 is 16.0 Å². The third kappa shape index (κ3) is 3.33. The monoisotopic (exact) mass is 199 g/mol. The average molecular weight is 199 g/mol. The van der Waals surface area contributed by atoms with Gasteiger partial charge in [0.1, 0.15) is 6.04 Å². The van der Waals surface area contributed by atoms with Crippen molar-refractivity contribution >= 4 is 11.8 Å². The summed E-state index contributed by atoms with van der Waals surface area (Å²) < 4.78 is 0. The molecule has 2 amide bonds. The molecule has 1 atom stereocenters. The first-order valence-electron chi connectivity index (χ1n) is 4.95. The van der Waals surface area contributed by atoms with Crippen LogP contribution in [0.5, 0.6) is 0 Å². The van der Waals surface area contributed by atoms with Crippen molar-refractivity contribution in [3.8, 4) is 0 Å². The number of carbonyl (C=O) groups excluding carboxylic acids is 2. The largest absolute Gasteiger partial charge is 0.354 e. The Morgan fingerprint density at radius 3 is 3.07 bits per heavy atom. The molecule has 0 aromatic heterocycles. The number of hydrogen-bond acceptors (Lipinski definition) is 3. The van der Waals surface area contributed by atoms with Crippen molar-refractivity contribution in [1.29, 1.82) is 0 Å². The second kappa shape index (κ2) is 5.59. The second-order valence-electron chi connectivity index (χ2n) is 3.44. The van der Waals surface area contributed by atoms with E-state index in [1.165, 1.54) is 0 Å². The van der Waals surface area contributed by atoms with Crippen LogP contribution in [-0.2, 0) is 9.59 Å². The fourth-order valence-electron chi connectivity index (χ4n) is 1.48. The predicted octanol–water partition coefficient (Wildman–Crippen LogP) is -1.01. The molecule has 5 nitrogen and oxygen atoms in total. The molecular weight excluding hydrogens is 182 g/mol. The zero-order valence-corrected chi connectivity index (χ0v) is 8.43. The van der Waals surface area contributed by atoms with E-state index >= 15 is 0 Å². The van der Waals surface area contributed by atoms with Crippen LogP contribution in [0, 0.1) is 0 Å². The first-order valence-corrected chi connectivity index (χ1v) is 4.95.